The number of hydrogen-bond donors (Lipinski definition) is 1. The van der Waals surface area contributed by atoms with Crippen molar-refractivity contribution < 1.29 is 13.2 Å². The van der Waals surface area contributed by atoms with Crippen LogP contribution in [0.1, 0.15) is 54.5 Å². The number of rotatable bonds is 8. The summed E-state index contributed by atoms with van der Waals surface area (Å²) in [6.45, 7) is 4.16. The van der Waals surface area contributed by atoms with Crippen LogP contribution in [0.15, 0.2) is 42.5 Å². The molecule has 0 fully saturated rings. The first kappa shape index (κ1) is 21.4. The van der Waals surface area contributed by atoms with Gasteiger partial charge in [-0.2, -0.15) is 0 Å². The third-order valence-corrected chi connectivity index (χ3v) is 6.73. The van der Waals surface area contributed by atoms with Gasteiger partial charge in [0.15, 0.2) is 0 Å². The Hall–Kier alpha value is -2.34. The minimum atomic E-state index is -3.41. The first-order valence-electron chi connectivity index (χ1n) is 10.2. The molecule has 156 valence electrons. The highest BCUT2D eigenvalue weighted by atomic mass is 32.2. The maximum absolute atomic E-state index is 12.4. The van der Waals surface area contributed by atoms with Crippen molar-refractivity contribution in [2.45, 2.75) is 52.0 Å². The summed E-state index contributed by atoms with van der Waals surface area (Å²) in [6, 6.07) is 13.8. The number of para-hydroxylation sites is 1. The van der Waals surface area contributed by atoms with E-state index < -0.39 is 10.0 Å². The average Bonchev–Trinajstić information content (AvgIpc) is 3.13. The van der Waals surface area contributed by atoms with E-state index in [0.717, 1.165) is 24.0 Å². The first-order chi connectivity index (χ1) is 13.8. The number of anilines is 1. The summed E-state index contributed by atoms with van der Waals surface area (Å²) in [5, 5.41) is 3.04. The number of fused-ring (bicyclic) bond motifs is 1. The zero-order valence-electron chi connectivity index (χ0n) is 17.4. The predicted molar refractivity (Wildman–Crippen MR) is 118 cm³/mol. The van der Waals surface area contributed by atoms with Gasteiger partial charge in [0.1, 0.15) is 0 Å². The number of aryl methyl sites for hydroxylation is 3. The second-order valence-corrected chi connectivity index (χ2v) is 9.80. The van der Waals surface area contributed by atoms with Gasteiger partial charge in [-0.3, -0.25) is 9.10 Å². The Kier molecular flexibility index (Phi) is 6.63. The molecule has 2 aromatic rings. The molecule has 0 heterocycles. The summed E-state index contributed by atoms with van der Waals surface area (Å²) in [5.74, 6) is -0.0590. The Morgan fingerprint density at radius 3 is 2.59 bits per heavy atom. The predicted octanol–water partition coefficient (Wildman–Crippen LogP) is 3.91. The highest BCUT2D eigenvalue weighted by Gasteiger charge is 2.20. The highest BCUT2D eigenvalue weighted by Crippen LogP contribution is 2.26. The number of nitrogens with one attached hydrogen (secondary N) is 1. The van der Waals surface area contributed by atoms with Crippen molar-refractivity contribution in [1.82, 2.24) is 5.32 Å². The molecule has 1 unspecified atom stereocenters. The Bertz CT molecular complexity index is 985. The van der Waals surface area contributed by atoms with Crippen molar-refractivity contribution in [2.75, 3.05) is 17.1 Å². The Morgan fingerprint density at radius 2 is 1.86 bits per heavy atom. The van der Waals surface area contributed by atoms with Crippen molar-refractivity contribution >= 4 is 21.6 Å². The van der Waals surface area contributed by atoms with Gasteiger partial charge in [0, 0.05) is 13.0 Å². The van der Waals surface area contributed by atoms with Crippen molar-refractivity contribution in [3.8, 4) is 0 Å². The fourth-order valence-corrected chi connectivity index (χ4v) is 4.97. The number of carbonyl (C=O) groups is 1. The molecule has 0 saturated heterocycles. The van der Waals surface area contributed by atoms with Crippen molar-refractivity contribution in [1.29, 1.82) is 0 Å². The molecule has 6 heteroatoms. The molecule has 0 saturated carbocycles. The number of carbonyl (C=O) groups excluding carboxylic acids is 1. The lowest BCUT2D eigenvalue weighted by atomic mass is 10.0. The molecule has 1 amide bonds. The van der Waals surface area contributed by atoms with E-state index in [1.807, 2.05) is 32.0 Å². The van der Waals surface area contributed by atoms with E-state index in [0.29, 0.717) is 12.1 Å². The Balaban J connectivity index is 1.56. The van der Waals surface area contributed by atoms with Crippen molar-refractivity contribution in [3.63, 3.8) is 0 Å². The van der Waals surface area contributed by atoms with Crippen LogP contribution in [0.2, 0.25) is 0 Å². The van der Waals surface area contributed by atoms with E-state index in [-0.39, 0.29) is 24.9 Å². The van der Waals surface area contributed by atoms with Gasteiger partial charge in [0.25, 0.3) is 0 Å². The van der Waals surface area contributed by atoms with Gasteiger partial charge in [0.2, 0.25) is 15.9 Å². The van der Waals surface area contributed by atoms with Crippen LogP contribution in [0, 0.1) is 6.92 Å². The largest absolute Gasteiger partial charge is 0.350 e. The van der Waals surface area contributed by atoms with Crippen LogP contribution in [0.25, 0.3) is 0 Å². The van der Waals surface area contributed by atoms with E-state index >= 15 is 0 Å². The topological polar surface area (TPSA) is 66.5 Å². The molecule has 2 aromatic carbocycles. The maximum Gasteiger partial charge on any atom is 0.232 e. The van der Waals surface area contributed by atoms with Gasteiger partial charge in [-0.15, -0.1) is 0 Å². The van der Waals surface area contributed by atoms with E-state index in [4.69, 9.17) is 0 Å². The second kappa shape index (κ2) is 8.99. The Morgan fingerprint density at radius 1 is 1.14 bits per heavy atom. The molecule has 0 bridgehead atoms. The molecular weight excluding hydrogens is 384 g/mol. The number of amides is 1. The zero-order chi connectivity index (χ0) is 21.0. The molecule has 1 N–H and O–H groups in total. The van der Waals surface area contributed by atoms with E-state index in [1.165, 1.54) is 28.1 Å². The fraction of sp³-hybridized carbons (Fsp3) is 0.435. The molecule has 1 aliphatic rings. The van der Waals surface area contributed by atoms with Crippen LogP contribution < -0.4 is 9.62 Å². The zero-order valence-corrected chi connectivity index (χ0v) is 18.3. The average molecular weight is 415 g/mol. The molecule has 29 heavy (non-hydrogen) atoms. The quantitative estimate of drug-likeness (QED) is 0.712. The van der Waals surface area contributed by atoms with Crippen LogP contribution in [0.5, 0.6) is 0 Å². The monoisotopic (exact) mass is 414 g/mol. The molecular formula is C23H30N2O3S. The van der Waals surface area contributed by atoms with E-state index in [1.54, 1.807) is 6.07 Å². The van der Waals surface area contributed by atoms with E-state index in [9.17, 15) is 13.2 Å². The standard InChI is InChI=1S/C23H30N2O3S/c1-17-8-4-5-11-22(17)25(29(3,27)28)15-7-12-23(26)24-18(2)20-14-13-19-9-6-10-21(19)16-20/h4-5,8,11,13-14,16,18H,6-7,9-10,12,15H2,1-3H3,(H,24,26). The number of sulfonamides is 1. The smallest absolute Gasteiger partial charge is 0.232 e. The number of nitrogens with zero attached hydrogens (tertiary/aromatic N) is 1. The molecule has 1 aliphatic carbocycles. The second-order valence-electron chi connectivity index (χ2n) is 7.90. The molecule has 0 spiro atoms. The van der Waals surface area contributed by atoms with Gasteiger partial charge in [0.05, 0.1) is 18.0 Å². The van der Waals surface area contributed by atoms with Gasteiger partial charge in [-0.25, -0.2) is 8.42 Å². The summed E-state index contributed by atoms with van der Waals surface area (Å²) < 4.78 is 25.9. The maximum atomic E-state index is 12.4. The first-order valence-corrected chi connectivity index (χ1v) is 12.0. The molecule has 0 aromatic heterocycles. The molecule has 3 rings (SSSR count). The molecule has 5 nitrogen and oxygen atoms in total. The minimum absolute atomic E-state index is 0.0590. The Labute approximate surface area is 174 Å². The number of benzene rings is 2. The summed E-state index contributed by atoms with van der Waals surface area (Å²) in [7, 11) is -3.41. The van der Waals surface area contributed by atoms with Crippen LogP contribution in [0.3, 0.4) is 0 Å². The summed E-state index contributed by atoms with van der Waals surface area (Å²) >= 11 is 0. The van der Waals surface area contributed by atoms with Crippen LogP contribution in [0.4, 0.5) is 5.69 Å². The molecule has 0 radical (unpaired) electrons. The van der Waals surface area contributed by atoms with Crippen LogP contribution in [-0.4, -0.2) is 27.1 Å². The lowest BCUT2D eigenvalue weighted by molar-refractivity contribution is -0.121. The molecule has 1 atom stereocenters. The third kappa shape index (κ3) is 5.38. The third-order valence-electron chi connectivity index (χ3n) is 5.55. The SMILES string of the molecule is Cc1ccccc1N(CCCC(=O)NC(C)c1ccc2c(c1)CCC2)S(C)(=O)=O. The lowest BCUT2D eigenvalue weighted by Gasteiger charge is -2.24. The van der Waals surface area contributed by atoms with E-state index in [2.05, 4.69) is 23.5 Å². The lowest BCUT2D eigenvalue weighted by Crippen LogP contribution is -2.33. The fourth-order valence-electron chi connectivity index (χ4n) is 3.95. The van der Waals surface area contributed by atoms with Crippen molar-refractivity contribution in [3.05, 3.63) is 64.7 Å². The van der Waals surface area contributed by atoms with Gasteiger partial charge in [-0.1, -0.05) is 36.4 Å². The van der Waals surface area contributed by atoms with Gasteiger partial charge < -0.3 is 5.32 Å². The van der Waals surface area contributed by atoms with Gasteiger partial charge in [-0.05, 0) is 67.9 Å². The number of hydrogen-bond acceptors (Lipinski definition) is 3. The van der Waals surface area contributed by atoms with Crippen molar-refractivity contribution in [2.24, 2.45) is 0 Å². The summed E-state index contributed by atoms with van der Waals surface area (Å²) in [5.41, 5.74) is 5.50. The molecule has 0 aliphatic heterocycles. The summed E-state index contributed by atoms with van der Waals surface area (Å²) in [6.07, 6.45) is 5.42. The highest BCUT2D eigenvalue weighted by molar-refractivity contribution is 7.92. The van der Waals surface area contributed by atoms with Gasteiger partial charge >= 0.3 is 0 Å². The van der Waals surface area contributed by atoms with Crippen LogP contribution >= 0.6 is 0 Å². The minimum Gasteiger partial charge on any atom is -0.350 e. The normalized spacial score (nSPS) is 14.3. The van der Waals surface area contributed by atoms with Crippen LogP contribution in [-0.2, 0) is 27.7 Å². The summed E-state index contributed by atoms with van der Waals surface area (Å²) in [4.78, 5) is 12.4.